The van der Waals surface area contributed by atoms with Crippen molar-refractivity contribution in [1.82, 2.24) is 10.5 Å². The molecule has 1 aromatic rings. The number of aryl methyl sites for hydroxylation is 2. The van der Waals surface area contributed by atoms with Crippen LogP contribution in [0.5, 0.6) is 0 Å². The van der Waals surface area contributed by atoms with Gasteiger partial charge in [-0.2, -0.15) is 0 Å². The molecule has 0 saturated heterocycles. The molecule has 1 aromatic heterocycles. The number of esters is 1. The number of aliphatic hydroxyl groups excluding tert-OH is 1. The van der Waals surface area contributed by atoms with Crippen molar-refractivity contribution >= 4 is 23.6 Å². The van der Waals surface area contributed by atoms with Crippen molar-refractivity contribution in [1.29, 1.82) is 0 Å². The number of carboxylic acids is 1. The van der Waals surface area contributed by atoms with Gasteiger partial charge < -0.3 is 24.8 Å². The van der Waals surface area contributed by atoms with Gasteiger partial charge in [0.1, 0.15) is 17.4 Å². The van der Waals surface area contributed by atoms with E-state index in [-0.39, 0.29) is 70.2 Å². The number of ketones is 1. The molecular weight excluding hydrogens is 697 g/mol. The zero-order valence-corrected chi connectivity index (χ0v) is 35.2. The number of aliphatic hydroxyl groups is 1. The Bertz CT molecular complexity index is 1800. The second-order valence-corrected chi connectivity index (χ2v) is 21.1. The van der Waals surface area contributed by atoms with Gasteiger partial charge in [0, 0.05) is 23.8 Å². The molecule has 1 heterocycles. The maximum absolute atomic E-state index is 14.1. The number of rotatable bonds is 8. The predicted molar refractivity (Wildman–Crippen MR) is 207 cm³/mol. The summed E-state index contributed by atoms with van der Waals surface area (Å²) in [5.74, 6) is -0.746. The first-order valence-corrected chi connectivity index (χ1v) is 21.1. The summed E-state index contributed by atoms with van der Waals surface area (Å²) in [5.41, 5.74) is 1.36. The van der Waals surface area contributed by atoms with Crippen LogP contribution in [0.25, 0.3) is 0 Å². The second-order valence-electron chi connectivity index (χ2n) is 21.1. The highest BCUT2D eigenvalue weighted by Gasteiger charge is 2.71. The molecule has 0 aromatic carbocycles. The average Bonchev–Trinajstić information content (AvgIpc) is 3.59. The third kappa shape index (κ3) is 5.51. The first-order chi connectivity index (χ1) is 25.5. The van der Waals surface area contributed by atoms with E-state index in [9.17, 15) is 29.4 Å². The van der Waals surface area contributed by atoms with E-state index in [4.69, 9.17) is 9.26 Å². The van der Waals surface area contributed by atoms with Crippen LogP contribution >= 0.6 is 0 Å². The van der Waals surface area contributed by atoms with Crippen LogP contribution < -0.4 is 5.32 Å². The van der Waals surface area contributed by atoms with Gasteiger partial charge in [-0.1, -0.05) is 73.0 Å². The zero-order chi connectivity index (χ0) is 40.4. The van der Waals surface area contributed by atoms with Gasteiger partial charge in [-0.05, 0) is 123 Å². The third-order valence-corrected chi connectivity index (χ3v) is 17.9. The van der Waals surface area contributed by atoms with Crippen molar-refractivity contribution < 1.29 is 38.7 Å². The van der Waals surface area contributed by atoms with Crippen LogP contribution in [-0.2, 0) is 19.1 Å². The van der Waals surface area contributed by atoms with Gasteiger partial charge in [0.15, 0.2) is 5.78 Å². The number of nitrogens with zero attached hydrogens (tertiary/aromatic N) is 1. The first-order valence-electron chi connectivity index (χ1n) is 21.1. The number of amides is 1. The lowest BCUT2D eigenvalue weighted by atomic mass is 9.33. The van der Waals surface area contributed by atoms with Crippen molar-refractivity contribution in [2.45, 2.75) is 153 Å². The summed E-state index contributed by atoms with van der Waals surface area (Å²) in [6, 6.07) is 0. The van der Waals surface area contributed by atoms with E-state index >= 15 is 0 Å². The van der Waals surface area contributed by atoms with Crippen LogP contribution in [0.1, 0.15) is 148 Å². The minimum atomic E-state index is -0.908. The fourth-order valence-electron chi connectivity index (χ4n) is 14.5. The maximum Gasteiger partial charge on any atom is 0.309 e. The molecule has 55 heavy (non-hydrogen) atoms. The number of Topliss-reactive ketones (excluding diaryl/α,β-unsaturated/α-hetero) is 1. The van der Waals surface area contributed by atoms with Crippen molar-refractivity contribution in [3.05, 3.63) is 28.2 Å². The maximum atomic E-state index is 14.1. The molecule has 0 bridgehead atoms. The Hall–Kier alpha value is -3.01. The minimum absolute atomic E-state index is 0.00203. The summed E-state index contributed by atoms with van der Waals surface area (Å²) in [5, 5.41) is 28.7. The lowest BCUT2D eigenvalue weighted by Crippen LogP contribution is -2.66. The number of hydrogen-bond donors (Lipinski definition) is 3. The molecule has 0 radical (unpaired) electrons. The standard InChI is InChI=1S/C45H66N2O8/c1-23(2)34-29(48)21-45(32(49)22-46-37(50)35-24(3)47-55-25(35)4)19-18-43(10)26(36(34)45)12-13-31-42(9)16-15-33(41(7,8)30(42)14-17-44(31,43)11)54-39(53)28-20-27(38(51)52)40(28,5)6/h23,26-28,30-33,49H,12-22H2,1-11H3,(H,46,50)(H,51,52)/t26-,27+,28-,30+,31-,32+,33+,42+,43-,44-,45+/m1/s1. The van der Waals surface area contributed by atoms with Crippen molar-refractivity contribution in [2.75, 3.05) is 6.54 Å². The van der Waals surface area contributed by atoms with Gasteiger partial charge in [0.05, 0.1) is 23.6 Å². The highest BCUT2D eigenvalue weighted by Crippen LogP contribution is 2.77. The topological polar surface area (TPSA) is 156 Å². The fourth-order valence-corrected chi connectivity index (χ4v) is 14.5. The Morgan fingerprint density at radius 1 is 0.891 bits per heavy atom. The van der Waals surface area contributed by atoms with Crippen LogP contribution in [0.4, 0.5) is 0 Å². The number of fused-ring (bicyclic) bond motifs is 7. The summed E-state index contributed by atoms with van der Waals surface area (Å²) in [4.78, 5) is 52.7. The number of hydrogen-bond acceptors (Lipinski definition) is 8. The van der Waals surface area contributed by atoms with Gasteiger partial charge >= 0.3 is 11.9 Å². The monoisotopic (exact) mass is 762 g/mol. The number of carboxylic acid groups (broad SMARTS) is 1. The number of aromatic nitrogens is 1. The summed E-state index contributed by atoms with van der Waals surface area (Å²) in [6.07, 6.45) is 6.94. The van der Waals surface area contributed by atoms with Gasteiger partial charge in [-0.3, -0.25) is 19.2 Å². The fraction of sp³-hybridized carbons (Fsp3) is 0.800. The number of nitrogens with one attached hydrogen (secondary N) is 1. The number of allylic oxidation sites excluding steroid dienone is 1. The normalized spacial score (nSPS) is 40.6. The molecule has 11 atom stereocenters. The molecule has 1 amide bonds. The Kier molecular flexibility index (Phi) is 9.50. The lowest BCUT2D eigenvalue weighted by Gasteiger charge is -2.72. The molecule has 6 aliphatic carbocycles. The van der Waals surface area contributed by atoms with Gasteiger partial charge in [-0.25, -0.2) is 0 Å². The molecule has 10 nitrogen and oxygen atoms in total. The highest BCUT2D eigenvalue weighted by atomic mass is 16.5. The van der Waals surface area contributed by atoms with Crippen molar-refractivity contribution in [3.63, 3.8) is 0 Å². The SMILES string of the molecule is Cc1noc(C)c1C(=O)NC[C@H](O)[C@@]12CC[C@]3(C)[C@H](CC[C@@H]4[C@@]5(C)CC[C@H](OC(=O)[C@H]6C[C@@H](C(=O)O)C6(C)C)C(C)(C)[C@@H]5CC[C@]43C)C1=C(C(C)C)C(=O)C2. The van der Waals surface area contributed by atoms with Crippen LogP contribution in [-0.4, -0.2) is 57.8 Å². The van der Waals surface area contributed by atoms with Crippen molar-refractivity contribution in [3.8, 4) is 0 Å². The summed E-state index contributed by atoms with van der Waals surface area (Å²) < 4.78 is 11.6. The van der Waals surface area contributed by atoms with E-state index in [1.165, 1.54) is 5.57 Å². The molecule has 3 N–H and O–H groups in total. The molecule has 10 heteroatoms. The highest BCUT2D eigenvalue weighted by molar-refractivity contribution is 6.01. The summed E-state index contributed by atoms with van der Waals surface area (Å²) in [6.45, 7) is 23.6. The predicted octanol–water partition coefficient (Wildman–Crippen LogP) is 8.02. The van der Waals surface area contributed by atoms with Gasteiger partial charge in [-0.15, -0.1) is 0 Å². The third-order valence-electron chi connectivity index (χ3n) is 17.9. The number of carbonyl (C=O) groups is 4. The molecule has 0 aliphatic heterocycles. The Balaban J connectivity index is 1.14. The van der Waals surface area contributed by atoms with E-state index in [0.29, 0.717) is 41.7 Å². The van der Waals surface area contributed by atoms with Gasteiger partial charge in [0.25, 0.3) is 5.91 Å². The lowest BCUT2D eigenvalue weighted by molar-refractivity contribution is -0.238. The quantitative estimate of drug-likeness (QED) is 0.223. The van der Waals surface area contributed by atoms with E-state index < -0.39 is 34.7 Å². The van der Waals surface area contributed by atoms with Gasteiger partial charge in [0.2, 0.25) is 0 Å². The second kappa shape index (κ2) is 13.0. The smallest absolute Gasteiger partial charge is 0.309 e. The molecule has 304 valence electrons. The molecule has 5 saturated carbocycles. The van der Waals surface area contributed by atoms with E-state index in [1.54, 1.807) is 13.8 Å². The molecule has 6 aliphatic rings. The number of carbonyl (C=O) groups excluding carboxylic acids is 3. The largest absolute Gasteiger partial charge is 0.481 e. The van der Waals surface area contributed by atoms with Crippen molar-refractivity contribution in [2.24, 2.45) is 68.0 Å². The van der Waals surface area contributed by atoms with E-state index in [0.717, 1.165) is 50.5 Å². The summed E-state index contributed by atoms with van der Waals surface area (Å²) >= 11 is 0. The van der Waals surface area contributed by atoms with Crippen LogP contribution in [0.3, 0.4) is 0 Å². The van der Waals surface area contributed by atoms with E-state index in [2.05, 4.69) is 58.9 Å². The Labute approximate surface area is 327 Å². The van der Waals surface area contributed by atoms with E-state index in [1.807, 2.05) is 13.8 Å². The first kappa shape index (κ1) is 40.2. The van der Waals surface area contributed by atoms with Crippen LogP contribution in [0, 0.1) is 81.8 Å². The Morgan fingerprint density at radius 2 is 1.58 bits per heavy atom. The minimum Gasteiger partial charge on any atom is -0.481 e. The zero-order valence-electron chi connectivity index (χ0n) is 35.2. The molecule has 5 fully saturated rings. The average molecular weight is 763 g/mol. The summed E-state index contributed by atoms with van der Waals surface area (Å²) in [7, 11) is 0. The number of ether oxygens (including phenoxy) is 1. The molecule has 7 rings (SSSR count). The number of aliphatic carboxylic acids is 1. The Morgan fingerprint density at radius 3 is 2.18 bits per heavy atom. The molecule has 0 unspecified atom stereocenters. The molecule has 0 spiro atoms. The van der Waals surface area contributed by atoms with Crippen LogP contribution in [0.15, 0.2) is 15.7 Å². The van der Waals surface area contributed by atoms with Crippen LogP contribution in [0.2, 0.25) is 0 Å². The molecular formula is C45H66N2O8.